The van der Waals surface area contributed by atoms with Gasteiger partial charge in [0.1, 0.15) is 28.1 Å². The van der Waals surface area contributed by atoms with E-state index in [2.05, 4.69) is 112 Å². The lowest BCUT2D eigenvalue weighted by atomic mass is 10.00. The summed E-state index contributed by atoms with van der Waals surface area (Å²) in [5, 5.41) is 4.34. The van der Waals surface area contributed by atoms with E-state index < -0.39 is 0 Å². The van der Waals surface area contributed by atoms with E-state index in [4.69, 9.17) is 18.8 Å². The molecular formula is C42H24N4O2. The van der Waals surface area contributed by atoms with Gasteiger partial charge in [0.05, 0.1) is 27.8 Å². The number of nitrogens with zero attached hydrogens (tertiary/aromatic N) is 4. The Morgan fingerprint density at radius 3 is 1.75 bits per heavy atom. The maximum Gasteiger partial charge on any atom is 0.221 e. The first-order valence-corrected chi connectivity index (χ1v) is 16.0. The second-order valence-electron chi connectivity index (χ2n) is 12.3. The lowest BCUT2D eigenvalue weighted by Crippen LogP contribution is -2.01. The fraction of sp³-hybridized carbons (Fsp3) is 0. The minimum Gasteiger partial charge on any atom is -0.456 e. The van der Waals surface area contributed by atoms with E-state index in [0.29, 0.717) is 0 Å². The Hall–Kier alpha value is -6.66. The molecule has 0 radical (unpaired) electrons. The summed E-state index contributed by atoms with van der Waals surface area (Å²) in [7, 11) is 0. The van der Waals surface area contributed by atoms with Crippen LogP contribution in [0, 0.1) is 0 Å². The van der Waals surface area contributed by atoms with Gasteiger partial charge in [-0.1, -0.05) is 66.7 Å². The molecule has 48 heavy (non-hydrogen) atoms. The topological polar surface area (TPSA) is 61.4 Å². The number of rotatable bonds is 3. The van der Waals surface area contributed by atoms with Crippen LogP contribution in [-0.2, 0) is 0 Å². The highest BCUT2D eigenvalue weighted by atomic mass is 16.3. The van der Waals surface area contributed by atoms with E-state index in [1.54, 1.807) is 0 Å². The maximum absolute atomic E-state index is 6.18. The summed E-state index contributed by atoms with van der Waals surface area (Å²) in [6.07, 6.45) is 0. The normalized spacial score (nSPS) is 12.2. The Balaban J connectivity index is 1.21. The Bertz CT molecular complexity index is 2950. The average molecular weight is 617 g/mol. The third-order valence-electron chi connectivity index (χ3n) is 9.53. The van der Waals surface area contributed by atoms with Crippen LogP contribution < -0.4 is 0 Å². The molecule has 11 aromatic rings. The summed E-state index contributed by atoms with van der Waals surface area (Å²) in [6, 6.07) is 50.2. The Labute approximate surface area is 272 Å². The molecule has 0 aliphatic heterocycles. The molecule has 0 unspecified atom stereocenters. The first-order chi connectivity index (χ1) is 23.8. The van der Waals surface area contributed by atoms with E-state index in [0.717, 1.165) is 99.9 Å². The largest absolute Gasteiger partial charge is 0.456 e. The Kier molecular flexibility index (Phi) is 5.02. The minimum atomic E-state index is 0.790. The van der Waals surface area contributed by atoms with Crippen molar-refractivity contribution in [2.24, 2.45) is 0 Å². The number of aromatic nitrogens is 4. The summed E-state index contributed by atoms with van der Waals surface area (Å²) in [4.78, 5) is 10.5. The molecule has 6 heteroatoms. The second-order valence-corrected chi connectivity index (χ2v) is 12.3. The van der Waals surface area contributed by atoms with Crippen molar-refractivity contribution in [1.29, 1.82) is 0 Å². The zero-order valence-electron chi connectivity index (χ0n) is 25.5. The van der Waals surface area contributed by atoms with E-state index in [1.807, 2.05) is 42.5 Å². The highest BCUT2D eigenvalue weighted by molar-refractivity contribution is 6.07. The molecule has 6 nitrogen and oxygen atoms in total. The number of benzene rings is 6. The number of imidazole rings is 2. The predicted octanol–water partition coefficient (Wildman–Crippen LogP) is 11.0. The molecule has 5 heterocycles. The highest BCUT2D eigenvalue weighted by Gasteiger charge is 2.20. The van der Waals surface area contributed by atoms with Gasteiger partial charge in [0.2, 0.25) is 5.78 Å². The molecule has 224 valence electrons. The fourth-order valence-corrected chi connectivity index (χ4v) is 7.31. The van der Waals surface area contributed by atoms with Crippen molar-refractivity contribution in [2.75, 3.05) is 0 Å². The van der Waals surface area contributed by atoms with E-state index >= 15 is 0 Å². The van der Waals surface area contributed by atoms with Gasteiger partial charge in [-0.25, -0.2) is 9.97 Å². The van der Waals surface area contributed by atoms with Crippen LogP contribution in [0.15, 0.2) is 154 Å². The number of hydrogen-bond acceptors (Lipinski definition) is 4. The van der Waals surface area contributed by atoms with E-state index in [1.165, 1.54) is 0 Å². The van der Waals surface area contributed by atoms with Crippen molar-refractivity contribution in [1.82, 2.24) is 18.9 Å². The minimum absolute atomic E-state index is 0.790. The van der Waals surface area contributed by atoms with Gasteiger partial charge < -0.3 is 8.83 Å². The number of fused-ring (bicyclic) bond motifs is 11. The van der Waals surface area contributed by atoms with Crippen molar-refractivity contribution in [3.63, 3.8) is 0 Å². The molecule has 5 aromatic heterocycles. The smallest absolute Gasteiger partial charge is 0.221 e. The van der Waals surface area contributed by atoms with Crippen LogP contribution in [0.3, 0.4) is 0 Å². The molecule has 0 bridgehead atoms. The van der Waals surface area contributed by atoms with Crippen molar-refractivity contribution >= 4 is 71.7 Å². The third-order valence-corrected chi connectivity index (χ3v) is 9.53. The quantitative estimate of drug-likeness (QED) is 0.198. The van der Waals surface area contributed by atoms with Crippen LogP contribution in [-0.4, -0.2) is 18.9 Å². The fourth-order valence-electron chi connectivity index (χ4n) is 7.31. The zero-order valence-corrected chi connectivity index (χ0v) is 25.5. The van der Waals surface area contributed by atoms with Crippen molar-refractivity contribution < 1.29 is 8.83 Å². The lowest BCUT2D eigenvalue weighted by Gasteiger charge is -2.12. The van der Waals surface area contributed by atoms with Gasteiger partial charge in [0, 0.05) is 27.1 Å². The van der Waals surface area contributed by atoms with Gasteiger partial charge in [-0.3, -0.25) is 8.97 Å². The first kappa shape index (κ1) is 25.5. The van der Waals surface area contributed by atoms with Crippen LogP contribution >= 0.6 is 0 Å². The molecular weight excluding hydrogens is 592 g/mol. The van der Waals surface area contributed by atoms with Crippen LogP contribution in [0.25, 0.3) is 99.9 Å². The Morgan fingerprint density at radius 1 is 0.417 bits per heavy atom. The van der Waals surface area contributed by atoms with Gasteiger partial charge in [0.25, 0.3) is 0 Å². The monoisotopic (exact) mass is 616 g/mol. The third kappa shape index (κ3) is 3.57. The van der Waals surface area contributed by atoms with Crippen LogP contribution in [0.5, 0.6) is 0 Å². The molecule has 0 amide bonds. The summed E-state index contributed by atoms with van der Waals surface area (Å²) in [6.45, 7) is 0. The number of hydrogen-bond donors (Lipinski definition) is 0. The maximum atomic E-state index is 6.18. The van der Waals surface area contributed by atoms with Gasteiger partial charge in [-0.05, 0) is 90.0 Å². The average Bonchev–Trinajstić information content (AvgIpc) is 3.89. The summed E-state index contributed by atoms with van der Waals surface area (Å²) < 4.78 is 16.8. The Morgan fingerprint density at radius 2 is 1.00 bits per heavy atom. The summed E-state index contributed by atoms with van der Waals surface area (Å²) in [5.74, 6) is 1.61. The molecule has 0 saturated carbocycles. The zero-order chi connectivity index (χ0) is 31.3. The molecule has 0 atom stereocenters. The first-order valence-electron chi connectivity index (χ1n) is 16.0. The van der Waals surface area contributed by atoms with Gasteiger partial charge >= 0.3 is 0 Å². The standard InChI is InChI=1S/C42H24N4O2/c1-7-15-37-28(9-1)30-21-25(17-19-39(30)47-37)27-23-33(26-18-20-40-31(22-26)29-10-2-8-16-38(29)48-40)43-41(24-27)46-36-14-6-5-13-35(36)45-34-12-4-3-11-32(34)44-42(45)46/h1-24H. The van der Waals surface area contributed by atoms with Gasteiger partial charge in [0.15, 0.2) is 0 Å². The molecule has 0 aliphatic rings. The molecule has 0 aliphatic carbocycles. The number of furan rings is 2. The van der Waals surface area contributed by atoms with Crippen LogP contribution in [0.2, 0.25) is 0 Å². The highest BCUT2D eigenvalue weighted by Crippen LogP contribution is 2.37. The second kappa shape index (κ2) is 9.44. The van der Waals surface area contributed by atoms with Crippen molar-refractivity contribution in [2.45, 2.75) is 0 Å². The van der Waals surface area contributed by atoms with Crippen molar-refractivity contribution in [3.8, 4) is 28.2 Å². The van der Waals surface area contributed by atoms with E-state index in [9.17, 15) is 0 Å². The number of para-hydroxylation sites is 6. The number of pyridine rings is 1. The van der Waals surface area contributed by atoms with Crippen LogP contribution in [0.4, 0.5) is 0 Å². The molecule has 0 saturated heterocycles. The van der Waals surface area contributed by atoms with E-state index in [-0.39, 0.29) is 0 Å². The summed E-state index contributed by atoms with van der Waals surface area (Å²) >= 11 is 0. The lowest BCUT2D eigenvalue weighted by molar-refractivity contribution is 0.668. The predicted molar refractivity (Wildman–Crippen MR) is 193 cm³/mol. The molecule has 0 N–H and O–H groups in total. The van der Waals surface area contributed by atoms with Gasteiger partial charge in [-0.2, -0.15) is 0 Å². The van der Waals surface area contributed by atoms with Crippen LogP contribution in [0.1, 0.15) is 0 Å². The van der Waals surface area contributed by atoms with Crippen molar-refractivity contribution in [3.05, 3.63) is 146 Å². The molecule has 6 aromatic carbocycles. The summed E-state index contributed by atoms with van der Waals surface area (Å²) in [5.41, 5.74) is 11.6. The molecule has 11 rings (SSSR count). The molecule has 0 spiro atoms. The SMILES string of the molecule is c1ccc2c(c1)nc1n(-c3cc(-c4ccc5oc6ccccc6c5c4)cc(-c4ccc5oc6ccccc6c5c4)n3)c3ccccc3n21. The van der Waals surface area contributed by atoms with Gasteiger partial charge in [-0.15, -0.1) is 0 Å². The molecule has 0 fully saturated rings.